The molecule has 94 valence electrons. The van der Waals surface area contributed by atoms with E-state index >= 15 is 0 Å². The number of halogens is 2. The smallest absolute Gasteiger partial charge is 0.191 e. The SMILES string of the molecule is CCC(CC)C(O)C(=O)c1ccc(Cl)c(Cl)c1. The number of benzene rings is 1. The number of ketones is 1. The van der Waals surface area contributed by atoms with Gasteiger partial charge in [0.05, 0.1) is 10.0 Å². The highest BCUT2D eigenvalue weighted by Crippen LogP contribution is 2.24. The first-order chi connectivity index (χ1) is 8.01. The van der Waals surface area contributed by atoms with Gasteiger partial charge in [-0.3, -0.25) is 4.79 Å². The van der Waals surface area contributed by atoms with Gasteiger partial charge in [0.2, 0.25) is 0 Å². The molecule has 1 unspecified atom stereocenters. The molecule has 0 saturated heterocycles. The van der Waals surface area contributed by atoms with Gasteiger partial charge < -0.3 is 5.11 Å². The quantitative estimate of drug-likeness (QED) is 0.825. The summed E-state index contributed by atoms with van der Waals surface area (Å²) in [5.74, 6) is -0.311. The van der Waals surface area contributed by atoms with Crippen LogP contribution in [0.1, 0.15) is 37.0 Å². The Kier molecular flexibility index (Phi) is 5.44. The first-order valence-electron chi connectivity index (χ1n) is 5.68. The summed E-state index contributed by atoms with van der Waals surface area (Å²) < 4.78 is 0. The Morgan fingerprint density at radius 2 is 1.82 bits per heavy atom. The third-order valence-corrected chi connectivity index (χ3v) is 3.71. The van der Waals surface area contributed by atoms with E-state index in [0.29, 0.717) is 15.6 Å². The number of hydrogen-bond acceptors (Lipinski definition) is 2. The van der Waals surface area contributed by atoms with Gasteiger partial charge in [0.25, 0.3) is 0 Å². The van der Waals surface area contributed by atoms with Crippen molar-refractivity contribution in [3.63, 3.8) is 0 Å². The molecule has 1 N–H and O–H groups in total. The Hall–Kier alpha value is -0.570. The molecular weight excluding hydrogens is 259 g/mol. The van der Waals surface area contributed by atoms with Crippen LogP contribution in [-0.4, -0.2) is 17.0 Å². The Morgan fingerprint density at radius 1 is 1.24 bits per heavy atom. The zero-order chi connectivity index (χ0) is 13.0. The molecule has 0 saturated carbocycles. The van der Waals surface area contributed by atoms with Crippen molar-refractivity contribution in [2.45, 2.75) is 32.8 Å². The van der Waals surface area contributed by atoms with E-state index in [1.54, 1.807) is 12.1 Å². The van der Waals surface area contributed by atoms with E-state index in [4.69, 9.17) is 23.2 Å². The lowest BCUT2D eigenvalue weighted by molar-refractivity contribution is 0.0588. The van der Waals surface area contributed by atoms with Gasteiger partial charge in [0.1, 0.15) is 6.10 Å². The van der Waals surface area contributed by atoms with Crippen molar-refractivity contribution in [3.05, 3.63) is 33.8 Å². The standard InChI is InChI=1S/C13H16Cl2O2/c1-3-8(4-2)12(16)13(17)9-5-6-10(14)11(15)7-9/h5-8,12,16H,3-4H2,1-2H3. The predicted octanol–water partition coefficient (Wildman–Crippen LogP) is 3.97. The van der Waals surface area contributed by atoms with E-state index in [1.165, 1.54) is 6.07 Å². The number of rotatable bonds is 5. The zero-order valence-corrected chi connectivity index (χ0v) is 11.4. The normalized spacial score (nSPS) is 12.8. The number of carbonyl (C=O) groups is 1. The molecule has 0 aliphatic heterocycles. The molecule has 0 fully saturated rings. The highest BCUT2D eigenvalue weighted by atomic mass is 35.5. The summed E-state index contributed by atoms with van der Waals surface area (Å²) in [6.45, 7) is 3.92. The second-order valence-electron chi connectivity index (χ2n) is 4.01. The summed E-state index contributed by atoms with van der Waals surface area (Å²) >= 11 is 11.6. The van der Waals surface area contributed by atoms with Crippen molar-refractivity contribution in [2.24, 2.45) is 5.92 Å². The van der Waals surface area contributed by atoms with Crippen LogP contribution >= 0.6 is 23.2 Å². The maximum absolute atomic E-state index is 12.0. The van der Waals surface area contributed by atoms with Crippen LogP contribution in [-0.2, 0) is 0 Å². The highest BCUT2D eigenvalue weighted by Gasteiger charge is 2.24. The van der Waals surface area contributed by atoms with Crippen LogP contribution in [0.4, 0.5) is 0 Å². The van der Waals surface area contributed by atoms with Crippen LogP contribution in [0.5, 0.6) is 0 Å². The van der Waals surface area contributed by atoms with E-state index in [-0.39, 0.29) is 11.7 Å². The maximum Gasteiger partial charge on any atom is 0.191 e. The number of hydrogen-bond donors (Lipinski definition) is 1. The van der Waals surface area contributed by atoms with E-state index in [2.05, 4.69) is 0 Å². The van der Waals surface area contributed by atoms with Gasteiger partial charge in [-0.05, 0) is 24.1 Å². The van der Waals surface area contributed by atoms with Gasteiger partial charge >= 0.3 is 0 Å². The highest BCUT2D eigenvalue weighted by molar-refractivity contribution is 6.42. The number of carbonyl (C=O) groups excluding carboxylic acids is 1. The van der Waals surface area contributed by atoms with E-state index < -0.39 is 6.10 Å². The summed E-state index contributed by atoms with van der Waals surface area (Å²) in [4.78, 5) is 12.0. The number of Topliss-reactive ketones (excluding diaryl/α,β-unsaturated/α-hetero) is 1. The van der Waals surface area contributed by atoms with Gasteiger partial charge in [0, 0.05) is 5.56 Å². The minimum atomic E-state index is -0.970. The lowest BCUT2D eigenvalue weighted by Gasteiger charge is -2.18. The first-order valence-corrected chi connectivity index (χ1v) is 6.44. The van der Waals surface area contributed by atoms with Gasteiger partial charge in [-0.2, -0.15) is 0 Å². The monoisotopic (exact) mass is 274 g/mol. The molecule has 0 radical (unpaired) electrons. The molecule has 0 aliphatic rings. The minimum Gasteiger partial charge on any atom is -0.385 e. The van der Waals surface area contributed by atoms with Crippen molar-refractivity contribution < 1.29 is 9.90 Å². The summed E-state index contributed by atoms with van der Waals surface area (Å²) in [6, 6.07) is 4.65. The number of aliphatic hydroxyl groups excluding tert-OH is 1. The molecule has 0 aromatic heterocycles. The fourth-order valence-corrected chi connectivity index (χ4v) is 2.07. The molecule has 1 atom stereocenters. The van der Waals surface area contributed by atoms with E-state index in [0.717, 1.165) is 12.8 Å². The van der Waals surface area contributed by atoms with Crippen molar-refractivity contribution in [3.8, 4) is 0 Å². The second kappa shape index (κ2) is 6.39. The molecular formula is C13H16Cl2O2. The Morgan fingerprint density at radius 3 is 2.29 bits per heavy atom. The molecule has 0 heterocycles. The third kappa shape index (κ3) is 3.44. The predicted molar refractivity (Wildman–Crippen MR) is 70.9 cm³/mol. The fraction of sp³-hybridized carbons (Fsp3) is 0.462. The molecule has 2 nitrogen and oxygen atoms in total. The number of aliphatic hydroxyl groups is 1. The van der Waals surface area contributed by atoms with Crippen molar-refractivity contribution >= 4 is 29.0 Å². The lowest BCUT2D eigenvalue weighted by atomic mass is 9.91. The summed E-state index contributed by atoms with van der Waals surface area (Å²) in [5, 5.41) is 10.7. The second-order valence-corrected chi connectivity index (χ2v) is 4.83. The van der Waals surface area contributed by atoms with Crippen LogP contribution in [0.2, 0.25) is 10.0 Å². The lowest BCUT2D eigenvalue weighted by Crippen LogP contribution is -2.29. The van der Waals surface area contributed by atoms with E-state index in [1.807, 2.05) is 13.8 Å². The Balaban J connectivity index is 2.92. The summed E-state index contributed by atoms with van der Waals surface area (Å²) in [7, 11) is 0. The topological polar surface area (TPSA) is 37.3 Å². The van der Waals surface area contributed by atoms with Crippen LogP contribution in [0, 0.1) is 5.92 Å². The molecule has 0 amide bonds. The van der Waals surface area contributed by atoms with E-state index in [9.17, 15) is 9.90 Å². The van der Waals surface area contributed by atoms with Crippen LogP contribution in [0.15, 0.2) is 18.2 Å². The van der Waals surface area contributed by atoms with Gasteiger partial charge in [-0.25, -0.2) is 0 Å². The largest absolute Gasteiger partial charge is 0.385 e. The molecule has 0 bridgehead atoms. The average molecular weight is 275 g/mol. The molecule has 1 aromatic carbocycles. The van der Waals surface area contributed by atoms with Crippen LogP contribution < -0.4 is 0 Å². The van der Waals surface area contributed by atoms with Crippen LogP contribution in [0.25, 0.3) is 0 Å². The average Bonchev–Trinajstić information content (AvgIpc) is 2.33. The van der Waals surface area contributed by atoms with Crippen molar-refractivity contribution in [1.82, 2.24) is 0 Å². The summed E-state index contributed by atoms with van der Waals surface area (Å²) in [6.07, 6.45) is 0.567. The van der Waals surface area contributed by atoms with Gasteiger partial charge in [-0.15, -0.1) is 0 Å². The van der Waals surface area contributed by atoms with Gasteiger partial charge in [0.15, 0.2) is 5.78 Å². The minimum absolute atomic E-state index is 0.0167. The Labute approximate surface area is 112 Å². The molecule has 4 heteroatoms. The van der Waals surface area contributed by atoms with Crippen LogP contribution in [0.3, 0.4) is 0 Å². The molecule has 0 spiro atoms. The molecule has 17 heavy (non-hydrogen) atoms. The molecule has 1 rings (SSSR count). The van der Waals surface area contributed by atoms with Gasteiger partial charge in [-0.1, -0.05) is 49.9 Å². The third-order valence-electron chi connectivity index (χ3n) is 2.97. The maximum atomic E-state index is 12.0. The van der Waals surface area contributed by atoms with Crippen molar-refractivity contribution in [1.29, 1.82) is 0 Å². The fourth-order valence-electron chi connectivity index (χ4n) is 1.77. The first kappa shape index (κ1) is 14.5. The summed E-state index contributed by atoms with van der Waals surface area (Å²) in [5.41, 5.74) is 0.402. The zero-order valence-electron chi connectivity index (χ0n) is 9.91. The van der Waals surface area contributed by atoms with Crippen molar-refractivity contribution in [2.75, 3.05) is 0 Å². The molecule has 1 aromatic rings. The molecule has 0 aliphatic carbocycles. The Bertz CT molecular complexity index is 400.